The maximum atomic E-state index is 12.7. The third kappa shape index (κ3) is 2.90. The summed E-state index contributed by atoms with van der Waals surface area (Å²) in [7, 11) is 0. The minimum absolute atomic E-state index is 0.0435. The fraction of sp³-hybridized carbons (Fsp3) is 0.353. The van der Waals surface area contributed by atoms with E-state index in [0.717, 1.165) is 4.90 Å². The minimum Gasteiger partial charge on any atom is -0.459 e. The van der Waals surface area contributed by atoms with Gasteiger partial charge in [0.15, 0.2) is 0 Å². The first-order valence-electron chi connectivity index (χ1n) is 7.16. The highest BCUT2D eigenvalue weighted by Crippen LogP contribution is 2.37. The van der Waals surface area contributed by atoms with E-state index in [2.05, 4.69) is 6.58 Å². The molecular weight excluding hydrogens is 298 g/mol. The van der Waals surface area contributed by atoms with Crippen LogP contribution in [-0.2, 0) is 19.1 Å². The predicted molar refractivity (Wildman–Crippen MR) is 82.3 cm³/mol. The van der Waals surface area contributed by atoms with Crippen molar-refractivity contribution in [2.24, 2.45) is 0 Å². The predicted octanol–water partition coefficient (Wildman–Crippen LogP) is 1.91. The largest absolute Gasteiger partial charge is 0.459 e. The number of nitrogens with zero attached hydrogens (tertiary/aromatic N) is 1. The molecule has 6 nitrogen and oxygen atoms in total. The van der Waals surface area contributed by atoms with Crippen molar-refractivity contribution in [3.63, 3.8) is 0 Å². The lowest BCUT2D eigenvalue weighted by molar-refractivity contribution is -0.176. The molecule has 1 heterocycles. The van der Waals surface area contributed by atoms with Crippen molar-refractivity contribution in [1.29, 1.82) is 0 Å². The summed E-state index contributed by atoms with van der Waals surface area (Å²) < 4.78 is 10.5. The molecule has 2 amide bonds. The summed E-state index contributed by atoms with van der Waals surface area (Å²) in [6, 6.07) is 8.34. The lowest BCUT2D eigenvalue weighted by Gasteiger charge is -2.27. The van der Waals surface area contributed by atoms with E-state index in [0.29, 0.717) is 5.56 Å². The molecule has 0 radical (unpaired) electrons. The van der Waals surface area contributed by atoms with Gasteiger partial charge < -0.3 is 9.47 Å². The molecule has 1 unspecified atom stereocenters. The smallest absolute Gasteiger partial charge is 0.348 e. The van der Waals surface area contributed by atoms with Gasteiger partial charge in [-0.05, 0) is 32.9 Å². The Morgan fingerprint density at radius 2 is 1.87 bits per heavy atom. The van der Waals surface area contributed by atoms with Gasteiger partial charge in [-0.3, -0.25) is 9.59 Å². The normalized spacial score (nSPS) is 22.7. The topological polar surface area (TPSA) is 72.9 Å². The van der Waals surface area contributed by atoms with Crippen LogP contribution >= 0.6 is 0 Å². The Morgan fingerprint density at radius 3 is 2.43 bits per heavy atom. The van der Waals surface area contributed by atoms with E-state index in [1.54, 1.807) is 44.2 Å². The van der Waals surface area contributed by atoms with Gasteiger partial charge >= 0.3 is 5.97 Å². The summed E-state index contributed by atoms with van der Waals surface area (Å²) in [5.74, 6) is -2.12. The minimum atomic E-state index is -1.86. The number of carbonyl (C=O) groups is 3. The number of hydrogen-bond donors (Lipinski definition) is 0. The fourth-order valence-corrected chi connectivity index (χ4v) is 2.49. The number of ether oxygens (including phenoxy) is 2. The molecule has 1 aliphatic heterocycles. The van der Waals surface area contributed by atoms with Crippen molar-refractivity contribution >= 4 is 17.8 Å². The van der Waals surface area contributed by atoms with E-state index >= 15 is 0 Å². The standard InChI is InChI=1S/C17H19NO5/c1-5-11-22-15(21)17(4)14(20)18(16(2,3)23-17)13(19)12-9-7-6-8-10-12/h5-10H,1,11H2,2-4H3. The van der Waals surface area contributed by atoms with Gasteiger partial charge in [0.1, 0.15) is 12.3 Å². The molecule has 1 fully saturated rings. The maximum absolute atomic E-state index is 12.7. The first kappa shape index (κ1) is 16.9. The van der Waals surface area contributed by atoms with Crippen molar-refractivity contribution < 1.29 is 23.9 Å². The first-order chi connectivity index (χ1) is 10.7. The average Bonchev–Trinajstić information content (AvgIpc) is 2.71. The number of esters is 1. The third-order valence-electron chi connectivity index (χ3n) is 3.55. The molecule has 1 aromatic rings. The van der Waals surface area contributed by atoms with Crippen LogP contribution < -0.4 is 0 Å². The highest BCUT2D eigenvalue weighted by atomic mass is 16.6. The van der Waals surface area contributed by atoms with E-state index in [9.17, 15) is 14.4 Å². The second-order valence-electron chi connectivity index (χ2n) is 5.78. The Morgan fingerprint density at radius 1 is 1.26 bits per heavy atom. The summed E-state index contributed by atoms with van der Waals surface area (Å²) >= 11 is 0. The summed E-state index contributed by atoms with van der Waals surface area (Å²) in [5.41, 5.74) is -2.80. The Bertz CT molecular complexity index is 652. The van der Waals surface area contributed by atoms with E-state index < -0.39 is 29.1 Å². The monoisotopic (exact) mass is 317 g/mol. The summed E-state index contributed by atoms with van der Waals surface area (Å²) in [4.78, 5) is 38.5. The van der Waals surface area contributed by atoms with Crippen LogP contribution in [0, 0.1) is 0 Å². The van der Waals surface area contributed by atoms with Crippen molar-refractivity contribution in [1.82, 2.24) is 4.90 Å². The molecule has 0 bridgehead atoms. The van der Waals surface area contributed by atoms with Crippen LogP contribution in [-0.4, -0.2) is 40.6 Å². The molecule has 1 saturated heterocycles. The number of imide groups is 1. The van der Waals surface area contributed by atoms with Gasteiger partial charge in [-0.15, -0.1) is 0 Å². The number of carbonyl (C=O) groups excluding carboxylic acids is 3. The van der Waals surface area contributed by atoms with Crippen LogP contribution in [0.3, 0.4) is 0 Å². The maximum Gasteiger partial charge on any atom is 0.348 e. The summed E-state index contributed by atoms with van der Waals surface area (Å²) in [6.45, 7) is 7.81. The molecule has 0 aliphatic carbocycles. The fourth-order valence-electron chi connectivity index (χ4n) is 2.49. The molecule has 0 N–H and O–H groups in total. The zero-order chi connectivity index (χ0) is 17.3. The lowest BCUT2D eigenvalue weighted by Crippen LogP contribution is -2.49. The summed E-state index contributed by atoms with van der Waals surface area (Å²) in [6.07, 6.45) is 1.39. The van der Waals surface area contributed by atoms with Gasteiger partial charge in [-0.2, -0.15) is 0 Å². The van der Waals surface area contributed by atoms with Crippen molar-refractivity contribution in [2.75, 3.05) is 6.61 Å². The van der Waals surface area contributed by atoms with Crippen LogP contribution in [0.15, 0.2) is 43.0 Å². The van der Waals surface area contributed by atoms with E-state index in [-0.39, 0.29) is 6.61 Å². The molecule has 0 spiro atoms. The highest BCUT2D eigenvalue weighted by molar-refractivity contribution is 6.16. The number of amides is 2. The number of rotatable bonds is 4. The zero-order valence-electron chi connectivity index (χ0n) is 13.4. The zero-order valence-corrected chi connectivity index (χ0v) is 13.4. The molecule has 2 rings (SSSR count). The Kier molecular flexibility index (Phi) is 4.38. The molecule has 23 heavy (non-hydrogen) atoms. The summed E-state index contributed by atoms with van der Waals surface area (Å²) in [5, 5.41) is 0. The van der Waals surface area contributed by atoms with Crippen LogP contribution in [0.25, 0.3) is 0 Å². The van der Waals surface area contributed by atoms with Gasteiger partial charge in [0.2, 0.25) is 5.60 Å². The Hall–Kier alpha value is -2.47. The second-order valence-corrected chi connectivity index (χ2v) is 5.78. The van der Waals surface area contributed by atoms with Gasteiger partial charge in [-0.25, -0.2) is 9.69 Å². The molecule has 1 aliphatic rings. The molecule has 1 aromatic carbocycles. The van der Waals surface area contributed by atoms with Crippen LogP contribution in [0.1, 0.15) is 31.1 Å². The van der Waals surface area contributed by atoms with Gasteiger partial charge in [-0.1, -0.05) is 30.9 Å². The quantitative estimate of drug-likeness (QED) is 0.367. The SMILES string of the molecule is C=CCOC(=O)C1(C)OC(C)(C)N(C(=O)c2ccccc2)C1=O. The number of benzene rings is 1. The van der Waals surface area contributed by atoms with Gasteiger partial charge in [0.05, 0.1) is 0 Å². The van der Waals surface area contributed by atoms with E-state index in [1.165, 1.54) is 13.0 Å². The van der Waals surface area contributed by atoms with Crippen molar-refractivity contribution in [2.45, 2.75) is 32.1 Å². The molecule has 6 heteroatoms. The number of hydrogen-bond acceptors (Lipinski definition) is 5. The molecular formula is C17H19NO5. The van der Waals surface area contributed by atoms with E-state index in [1.807, 2.05) is 0 Å². The van der Waals surface area contributed by atoms with Crippen LogP contribution in [0.2, 0.25) is 0 Å². The van der Waals surface area contributed by atoms with E-state index in [4.69, 9.17) is 9.47 Å². The van der Waals surface area contributed by atoms with Crippen LogP contribution in [0.4, 0.5) is 0 Å². The van der Waals surface area contributed by atoms with Gasteiger partial charge in [0, 0.05) is 5.56 Å². The first-order valence-corrected chi connectivity index (χ1v) is 7.16. The molecule has 1 atom stereocenters. The average molecular weight is 317 g/mol. The molecule has 0 saturated carbocycles. The molecule has 0 aromatic heterocycles. The van der Waals surface area contributed by atoms with Crippen LogP contribution in [0.5, 0.6) is 0 Å². The van der Waals surface area contributed by atoms with Gasteiger partial charge in [0.25, 0.3) is 11.8 Å². The Labute approximate surface area is 134 Å². The lowest BCUT2D eigenvalue weighted by atomic mass is 10.1. The third-order valence-corrected chi connectivity index (χ3v) is 3.55. The van der Waals surface area contributed by atoms with Crippen molar-refractivity contribution in [3.8, 4) is 0 Å². The molecule has 122 valence electrons. The highest BCUT2D eigenvalue weighted by Gasteiger charge is 2.61. The Balaban J connectivity index is 2.35. The van der Waals surface area contributed by atoms with Crippen molar-refractivity contribution in [3.05, 3.63) is 48.6 Å². The second kappa shape index (κ2) is 5.96.